The number of H-pyrrole nitrogens is 1. The third-order valence-electron chi connectivity index (χ3n) is 4.29. The van der Waals surface area contributed by atoms with Gasteiger partial charge in [-0.3, -0.25) is 9.59 Å². The number of carbonyl (C=O) groups is 1. The smallest absolute Gasteiger partial charge is 0.250 e. The van der Waals surface area contributed by atoms with Crippen LogP contribution in [-0.2, 0) is 22.5 Å². The van der Waals surface area contributed by atoms with Crippen LogP contribution in [0.1, 0.15) is 18.5 Å². The van der Waals surface area contributed by atoms with E-state index in [1.807, 2.05) is 15.7 Å². The molecule has 1 saturated heterocycles. The highest BCUT2D eigenvalue weighted by atomic mass is 16.5. The molecule has 25 heavy (non-hydrogen) atoms. The van der Waals surface area contributed by atoms with Crippen LogP contribution in [-0.4, -0.2) is 56.6 Å². The SMILES string of the molecule is O=C(CCCn1ccnc1)N1CCOC[C@H](Cc2cc(=O)[nH]cn2)C1. The highest BCUT2D eigenvalue weighted by molar-refractivity contribution is 5.76. The van der Waals surface area contributed by atoms with E-state index in [9.17, 15) is 9.59 Å². The molecule has 0 spiro atoms. The molecule has 8 nitrogen and oxygen atoms in total. The standard InChI is InChI=1S/C17H23N5O3/c23-16-9-15(19-12-20-16)8-14-10-22(6-7-25-11-14)17(24)2-1-4-21-5-3-18-13-21/h3,5,9,12-14H,1-2,4,6-8,10-11H2,(H,19,20,23)/t14-/m1/s1. The second-order valence-electron chi connectivity index (χ2n) is 6.29. The summed E-state index contributed by atoms with van der Waals surface area (Å²) in [7, 11) is 0. The summed E-state index contributed by atoms with van der Waals surface area (Å²) in [6.07, 6.45) is 8.73. The molecule has 3 rings (SSSR count). The Morgan fingerprint density at radius 2 is 2.36 bits per heavy atom. The van der Waals surface area contributed by atoms with E-state index in [0.29, 0.717) is 39.1 Å². The van der Waals surface area contributed by atoms with E-state index in [1.54, 1.807) is 12.5 Å². The van der Waals surface area contributed by atoms with Crippen molar-refractivity contribution < 1.29 is 9.53 Å². The number of carbonyl (C=O) groups excluding carboxylic acids is 1. The van der Waals surface area contributed by atoms with Gasteiger partial charge in [0.15, 0.2) is 0 Å². The van der Waals surface area contributed by atoms with Crippen molar-refractivity contribution in [1.82, 2.24) is 24.4 Å². The predicted octanol–water partition coefficient (Wildman–Crippen LogP) is 0.464. The predicted molar refractivity (Wildman–Crippen MR) is 90.9 cm³/mol. The lowest BCUT2D eigenvalue weighted by Gasteiger charge is -2.23. The number of hydrogen-bond acceptors (Lipinski definition) is 5. The third-order valence-corrected chi connectivity index (χ3v) is 4.29. The van der Waals surface area contributed by atoms with E-state index >= 15 is 0 Å². The molecule has 3 heterocycles. The van der Waals surface area contributed by atoms with Crippen LogP contribution in [0.5, 0.6) is 0 Å². The molecule has 1 aliphatic rings. The third kappa shape index (κ3) is 5.25. The van der Waals surface area contributed by atoms with E-state index in [1.165, 1.54) is 12.4 Å². The summed E-state index contributed by atoms with van der Waals surface area (Å²) in [5.74, 6) is 0.295. The minimum Gasteiger partial charge on any atom is -0.379 e. The number of aromatic nitrogens is 4. The normalized spacial score (nSPS) is 18.1. The molecule has 1 N–H and O–H groups in total. The van der Waals surface area contributed by atoms with Crippen molar-refractivity contribution in [2.75, 3.05) is 26.3 Å². The molecule has 8 heteroatoms. The Morgan fingerprint density at radius 3 is 3.16 bits per heavy atom. The Morgan fingerprint density at radius 1 is 1.44 bits per heavy atom. The zero-order valence-corrected chi connectivity index (χ0v) is 14.1. The van der Waals surface area contributed by atoms with Crippen LogP contribution in [0.3, 0.4) is 0 Å². The molecule has 1 fully saturated rings. The van der Waals surface area contributed by atoms with E-state index < -0.39 is 0 Å². The van der Waals surface area contributed by atoms with Crippen molar-refractivity contribution in [1.29, 1.82) is 0 Å². The Balaban J connectivity index is 1.51. The number of nitrogens with zero attached hydrogens (tertiary/aromatic N) is 4. The molecule has 2 aromatic rings. The Kier molecular flexibility index (Phi) is 5.95. The number of nitrogens with one attached hydrogen (secondary N) is 1. The van der Waals surface area contributed by atoms with Crippen molar-refractivity contribution in [3.8, 4) is 0 Å². The van der Waals surface area contributed by atoms with Crippen LogP contribution in [0.25, 0.3) is 0 Å². The number of aromatic amines is 1. The molecule has 0 aromatic carbocycles. The van der Waals surface area contributed by atoms with Crippen molar-refractivity contribution in [2.45, 2.75) is 25.8 Å². The van der Waals surface area contributed by atoms with Crippen molar-refractivity contribution in [3.05, 3.63) is 47.2 Å². The van der Waals surface area contributed by atoms with E-state index in [2.05, 4.69) is 15.0 Å². The Labute approximate surface area is 145 Å². The average Bonchev–Trinajstić information content (AvgIpc) is 3.00. The zero-order chi connectivity index (χ0) is 17.5. The topological polar surface area (TPSA) is 93.1 Å². The zero-order valence-electron chi connectivity index (χ0n) is 14.1. The highest BCUT2D eigenvalue weighted by Gasteiger charge is 2.22. The summed E-state index contributed by atoms with van der Waals surface area (Å²) < 4.78 is 7.61. The van der Waals surface area contributed by atoms with Gasteiger partial charge in [0.05, 0.1) is 25.9 Å². The van der Waals surface area contributed by atoms with E-state index in [-0.39, 0.29) is 17.4 Å². The molecule has 1 amide bonds. The molecular formula is C17H23N5O3. The first-order chi connectivity index (χ1) is 12.2. The lowest BCUT2D eigenvalue weighted by molar-refractivity contribution is -0.131. The molecule has 0 aliphatic carbocycles. The van der Waals surface area contributed by atoms with Gasteiger partial charge in [-0.05, 0) is 12.8 Å². The van der Waals surface area contributed by atoms with Gasteiger partial charge in [0.2, 0.25) is 5.91 Å². The minimum absolute atomic E-state index is 0.148. The van der Waals surface area contributed by atoms with E-state index in [4.69, 9.17) is 4.74 Å². The van der Waals surface area contributed by atoms with Crippen LogP contribution in [0.15, 0.2) is 35.9 Å². The minimum atomic E-state index is -0.160. The van der Waals surface area contributed by atoms with Gasteiger partial charge in [-0.2, -0.15) is 0 Å². The molecule has 134 valence electrons. The van der Waals surface area contributed by atoms with Gasteiger partial charge in [-0.15, -0.1) is 0 Å². The maximum absolute atomic E-state index is 12.5. The fourth-order valence-corrected chi connectivity index (χ4v) is 3.04. The summed E-state index contributed by atoms with van der Waals surface area (Å²) in [4.78, 5) is 36.5. The van der Waals surface area contributed by atoms with Gasteiger partial charge < -0.3 is 19.2 Å². The molecule has 0 bridgehead atoms. The van der Waals surface area contributed by atoms with Gasteiger partial charge in [0.1, 0.15) is 0 Å². The molecular weight excluding hydrogens is 322 g/mol. The molecule has 0 radical (unpaired) electrons. The first-order valence-electron chi connectivity index (χ1n) is 8.55. The Bertz CT molecular complexity index is 728. The summed E-state index contributed by atoms with van der Waals surface area (Å²) in [5.41, 5.74) is 0.568. The van der Waals surface area contributed by atoms with Gasteiger partial charge in [0.25, 0.3) is 5.56 Å². The van der Waals surface area contributed by atoms with Crippen LogP contribution < -0.4 is 5.56 Å². The van der Waals surface area contributed by atoms with Gasteiger partial charge >= 0.3 is 0 Å². The fraction of sp³-hybridized carbons (Fsp3) is 0.529. The number of imidazole rings is 1. The van der Waals surface area contributed by atoms with Crippen LogP contribution in [0.2, 0.25) is 0 Å². The summed E-state index contributed by atoms with van der Waals surface area (Å²) in [6.45, 7) is 3.16. The number of aryl methyl sites for hydroxylation is 1. The largest absolute Gasteiger partial charge is 0.379 e. The number of ether oxygens (including phenoxy) is 1. The summed E-state index contributed by atoms with van der Waals surface area (Å²) >= 11 is 0. The average molecular weight is 345 g/mol. The lowest BCUT2D eigenvalue weighted by Crippen LogP contribution is -2.36. The summed E-state index contributed by atoms with van der Waals surface area (Å²) in [5, 5.41) is 0. The maximum atomic E-state index is 12.5. The fourth-order valence-electron chi connectivity index (χ4n) is 3.04. The Hall–Kier alpha value is -2.48. The van der Waals surface area contributed by atoms with Gasteiger partial charge in [-0.25, -0.2) is 9.97 Å². The van der Waals surface area contributed by atoms with Crippen molar-refractivity contribution >= 4 is 5.91 Å². The van der Waals surface area contributed by atoms with Crippen molar-refractivity contribution in [3.63, 3.8) is 0 Å². The molecule has 0 saturated carbocycles. The maximum Gasteiger partial charge on any atom is 0.250 e. The second-order valence-corrected chi connectivity index (χ2v) is 6.29. The number of hydrogen-bond donors (Lipinski definition) is 1. The quantitative estimate of drug-likeness (QED) is 0.821. The highest BCUT2D eigenvalue weighted by Crippen LogP contribution is 2.13. The first-order valence-corrected chi connectivity index (χ1v) is 8.55. The second kappa shape index (κ2) is 8.57. The lowest BCUT2D eigenvalue weighted by atomic mass is 10.0. The number of rotatable bonds is 6. The first kappa shape index (κ1) is 17.3. The molecule has 2 aromatic heterocycles. The molecule has 1 aliphatic heterocycles. The van der Waals surface area contributed by atoms with Crippen LogP contribution >= 0.6 is 0 Å². The molecule has 0 unspecified atom stereocenters. The monoisotopic (exact) mass is 345 g/mol. The van der Waals surface area contributed by atoms with Crippen LogP contribution in [0, 0.1) is 5.92 Å². The van der Waals surface area contributed by atoms with Crippen molar-refractivity contribution in [2.24, 2.45) is 5.92 Å². The van der Waals surface area contributed by atoms with Crippen LogP contribution in [0.4, 0.5) is 0 Å². The summed E-state index contributed by atoms with van der Waals surface area (Å²) in [6, 6.07) is 1.50. The van der Waals surface area contributed by atoms with Gasteiger partial charge in [0, 0.05) is 56.1 Å². The number of amides is 1. The van der Waals surface area contributed by atoms with E-state index in [0.717, 1.165) is 18.7 Å². The molecule has 1 atom stereocenters. The van der Waals surface area contributed by atoms with Gasteiger partial charge in [-0.1, -0.05) is 0 Å².